The molecule has 0 aliphatic carbocycles. The number of aromatic nitrogens is 1. The van der Waals surface area contributed by atoms with Crippen LogP contribution >= 0.6 is 11.3 Å². The van der Waals surface area contributed by atoms with E-state index in [1.54, 1.807) is 5.38 Å². The van der Waals surface area contributed by atoms with E-state index in [9.17, 15) is 9.90 Å². The summed E-state index contributed by atoms with van der Waals surface area (Å²) in [6, 6.07) is 17.0. The Labute approximate surface area is 137 Å². The molecule has 2 aromatic carbocycles. The Bertz CT molecular complexity index is 785. The van der Waals surface area contributed by atoms with Gasteiger partial charge in [0.1, 0.15) is 11.5 Å². The number of carboxylic acid groups (broad SMARTS) is 1. The number of aliphatic carboxylic acids is 1. The monoisotopic (exact) mass is 325 g/mol. The molecule has 3 rings (SSSR count). The number of carboxylic acids is 1. The summed E-state index contributed by atoms with van der Waals surface area (Å²) >= 11 is 1.35. The molecule has 0 bridgehead atoms. The quantitative estimate of drug-likeness (QED) is 0.754. The van der Waals surface area contributed by atoms with Gasteiger partial charge in [0.05, 0.1) is 5.69 Å². The molecule has 0 fully saturated rings. The third-order valence-corrected chi connectivity index (χ3v) is 3.77. The lowest BCUT2D eigenvalue weighted by Crippen LogP contribution is -2.24. The lowest BCUT2D eigenvalue weighted by Gasteiger charge is -2.07. The van der Waals surface area contributed by atoms with E-state index in [0.717, 1.165) is 17.2 Å². The van der Waals surface area contributed by atoms with Gasteiger partial charge in [-0.15, -0.1) is 11.3 Å². The summed E-state index contributed by atoms with van der Waals surface area (Å²) in [6.45, 7) is 0. The Morgan fingerprint density at radius 1 is 1.09 bits per heavy atom. The van der Waals surface area contributed by atoms with Crippen molar-refractivity contribution < 1.29 is 14.6 Å². The number of hydrogen-bond acceptors (Lipinski definition) is 6. The lowest BCUT2D eigenvalue weighted by molar-refractivity contribution is -0.304. The Balaban J connectivity index is 1.63. The van der Waals surface area contributed by atoms with Gasteiger partial charge in [-0.1, -0.05) is 18.2 Å². The van der Waals surface area contributed by atoms with Crippen LogP contribution in [0.2, 0.25) is 0 Å². The van der Waals surface area contributed by atoms with Crippen molar-refractivity contribution in [2.75, 3.05) is 5.32 Å². The second kappa shape index (κ2) is 6.93. The molecule has 1 heterocycles. The van der Waals surface area contributed by atoms with Gasteiger partial charge in [0.2, 0.25) is 0 Å². The SMILES string of the molecule is O=C([O-])Cc1csc(Nc2ccc(Oc3ccccc3)cc2)n1. The minimum Gasteiger partial charge on any atom is -0.550 e. The van der Waals surface area contributed by atoms with Crippen LogP contribution in [0.25, 0.3) is 0 Å². The molecule has 116 valence electrons. The van der Waals surface area contributed by atoms with Crippen molar-refractivity contribution in [3.8, 4) is 11.5 Å². The summed E-state index contributed by atoms with van der Waals surface area (Å²) in [4.78, 5) is 14.7. The Morgan fingerprint density at radius 2 is 1.78 bits per heavy atom. The molecule has 0 aliphatic rings. The van der Waals surface area contributed by atoms with Crippen molar-refractivity contribution in [2.24, 2.45) is 0 Å². The number of carbonyl (C=O) groups excluding carboxylic acids is 1. The first-order valence-corrected chi connectivity index (χ1v) is 7.81. The van der Waals surface area contributed by atoms with Crippen molar-refractivity contribution in [3.05, 3.63) is 65.7 Å². The average Bonchev–Trinajstić information content (AvgIpc) is 2.96. The van der Waals surface area contributed by atoms with Crippen LogP contribution in [-0.2, 0) is 11.2 Å². The summed E-state index contributed by atoms with van der Waals surface area (Å²) in [6.07, 6.45) is -0.179. The molecule has 0 amide bonds. The molecule has 6 heteroatoms. The fourth-order valence-corrected chi connectivity index (χ4v) is 2.68. The van der Waals surface area contributed by atoms with Gasteiger partial charge < -0.3 is 20.0 Å². The summed E-state index contributed by atoms with van der Waals surface area (Å²) in [7, 11) is 0. The van der Waals surface area contributed by atoms with Crippen molar-refractivity contribution >= 4 is 28.1 Å². The predicted molar refractivity (Wildman–Crippen MR) is 87.1 cm³/mol. The van der Waals surface area contributed by atoms with Crippen molar-refractivity contribution in [1.82, 2.24) is 4.98 Å². The summed E-state index contributed by atoms with van der Waals surface area (Å²) < 4.78 is 5.72. The second-order valence-corrected chi connectivity index (χ2v) is 5.62. The fraction of sp³-hybridized carbons (Fsp3) is 0.0588. The Hall–Kier alpha value is -2.86. The number of rotatable bonds is 6. The van der Waals surface area contributed by atoms with E-state index in [-0.39, 0.29) is 6.42 Å². The van der Waals surface area contributed by atoms with Gasteiger partial charge >= 0.3 is 0 Å². The van der Waals surface area contributed by atoms with Gasteiger partial charge in [0.15, 0.2) is 5.13 Å². The van der Waals surface area contributed by atoms with E-state index in [2.05, 4.69) is 10.3 Å². The number of carbonyl (C=O) groups is 1. The van der Waals surface area contributed by atoms with Gasteiger partial charge in [-0.25, -0.2) is 4.98 Å². The number of thiazole rings is 1. The zero-order valence-corrected chi connectivity index (χ0v) is 12.9. The molecular weight excluding hydrogens is 312 g/mol. The normalized spacial score (nSPS) is 10.3. The molecule has 0 saturated carbocycles. The number of ether oxygens (including phenoxy) is 1. The highest BCUT2D eigenvalue weighted by Gasteiger charge is 2.03. The molecular formula is C17H13N2O3S-. The average molecular weight is 325 g/mol. The highest BCUT2D eigenvalue weighted by atomic mass is 32.1. The third-order valence-electron chi connectivity index (χ3n) is 2.96. The van der Waals surface area contributed by atoms with Crippen LogP contribution in [0.15, 0.2) is 60.0 Å². The molecule has 0 unspecified atom stereocenters. The summed E-state index contributed by atoms with van der Waals surface area (Å²) in [5.74, 6) is 0.378. The van der Waals surface area contributed by atoms with Gasteiger partial charge in [0, 0.05) is 23.5 Å². The number of anilines is 2. The first kappa shape index (κ1) is 15.1. The van der Waals surface area contributed by atoms with Crippen LogP contribution in [0.1, 0.15) is 5.69 Å². The van der Waals surface area contributed by atoms with Crippen LogP contribution < -0.4 is 15.2 Å². The summed E-state index contributed by atoms with van der Waals surface area (Å²) in [5.41, 5.74) is 1.33. The minimum atomic E-state index is -1.13. The van der Waals surface area contributed by atoms with Crippen LogP contribution in [0.3, 0.4) is 0 Å². The van der Waals surface area contributed by atoms with Crippen molar-refractivity contribution in [2.45, 2.75) is 6.42 Å². The predicted octanol–water partition coefficient (Wildman–Crippen LogP) is 2.97. The van der Waals surface area contributed by atoms with E-state index >= 15 is 0 Å². The fourth-order valence-electron chi connectivity index (χ4n) is 1.95. The van der Waals surface area contributed by atoms with Gasteiger partial charge in [-0.3, -0.25) is 0 Å². The van der Waals surface area contributed by atoms with Crippen molar-refractivity contribution in [1.29, 1.82) is 0 Å². The standard InChI is InChI=1S/C17H14N2O3S/c20-16(21)10-13-11-23-17(19-13)18-12-6-8-15(9-7-12)22-14-4-2-1-3-5-14/h1-9,11H,10H2,(H,18,19)(H,20,21)/p-1. The molecule has 0 saturated heterocycles. The topological polar surface area (TPSA) is 74.3 Å². The molecule has 3 aromatic rings. The maximum atomic E-state index is 10.5. The zero-order chi connectivity index (χ0) is 16.1. The van der Waals surface area contributed by atoms with E-state index < -0.39 is 5.97 Å². The van der Waals surface area contributed by atoms with Gasteiger partial charge in [0.25, 0.3) is 0 Å². The molecule has 23 heavy (non-hydrogen) atoms. The lowest BCUT2D eigenvalue weighted by atomic mass is 10.3. The van der Waals surface area contributed by atoms with Gasteiger partial charge in [-0.2, -0.15) is 0 Å². The first-order valence-electron chi connectivity index (χ1n) is 6.93. The molecule has 1 aromatic heterocycles. The molecule has 5 nitrogen and oxygen atoms in total. The Kier molecular flexibility index (Phi) is 4.54. The van der Waals surface area contributed by atoms with E-state index in [4.69, 9.17) is 4.74 Å². The number of para-hydroxylation sites is 1. The number of hydrogen-bond donors (Lipinski definition) is 1. The van der Waals surface area contributed by atoms with E-state index in [0.29, 0.717) is 10.8 Å². The molecule has 0 atom stereocenters. The summed E-state index contributed by atoms with van der Waals surface area (Å²) in [5, 5.41) is 16.0. The Morgan fingerprint density at radius 3 is 2.48 bits per heavy atom. The second-order valence-electron chi connectivity index (χ2n) is 4.76. The van der Waals surface area contributed by atoms with Crippen LogP contribution in [0.4, 0.5) is 10.8 Å². The van der Waals surface area contributed by atoms with E-state index in [1.165, 1.54) is 11.3 Å². The van der Waals surface area contributed by atoms with E-state index in [1.807, 2.05) is 54.6 Å². The highest BCUT2D eigenvalue weighted by molar-refractivity contribution is 7.13. The van der Waals surface area contributed by atoms with Crippen LogP contribution in [0, 0.1) is 0 Å². The third kappa shape index (κ3) is 4.31. The number of nitrogens with zero attached hydrogens (tertiary/aromatic N) is 1. The van der Waals surface area contributed by atoms with Crippen LogP contribution in [-0.4, -0.2) is 11.0 Å². The van der Waals surface area contributed by atoms with Crippen LogP contribution in [0.5, 0.6) is 11.5 Å². The van der Waals surface area contributed by atoms with Gasteiger partial charge in [-0.05, 0) is 36.4 Å². The maximum Gasteiger partial charge on any atom is 0.187 e. The number of benzene rings is 2. The largest absolute Gasteiger partial charge is 0.550 e. The molecule has 0 radical (unpaired) electrons. The first-order chi connectivity index (χ1) is 11.2. The van der Waals surface area contributed by atoms with Crippen molar-refractivity contribution in [3.63, 3.8) is 0 Å². The highest BCUT2D eigenvalue weighted by Crippen LogP contribution is 2.25. The number of nitrogens with one attached hydrogen (secondary N) is 1. The molecule has 0 aliphatic heterocycles. The smallest absolute Gasteiger partial charge is 0.187 e. The zero-order valence-electron chi connectivity index (χ0n) is 12.1. The maximum absolute atomic E-state index is 10.5. The molecule has 1 N–H and O–H groups in total. The minimum absolute atomic E-state index is 0.179. The molecule has 0 spiro atoms.